The fourth-order valence-electron chi connectivity index (χ4n) is 5.04. The van der Waals surface area contributed by atoms with Gasteiger partial charge in [-0.3, -0.25) is 23.4 Å². The van der Waals surface area contributed by atoms with E-state index < -0.39 is 32.5 Å². The number of nitrogens with zero attached hydrogens (tertiary/aromatic N) is 1. The van der Waals surface area contributed by atoms with Gasteiger partial charge in [0.2, 0.25) is 0 Å². The molecule has 0 rings (SSSR count). The van der Waals surface area contributed by atoms with Gasteiger partial charge in [-0.2, -0.15) is 0 Å². The largest absolute Gasteiger partial charge is 0.472 e. The Hall–Kier alpha value is -3.14. The van der Waals surface area contributed by atoms with Crippen molar-refractivity contribution in [1.82, 2.24) is 0 Å². The SMILES string of the molecule is CC/C=C\C/C=C\C/C=C\CCCCCCCC(=O)O[C@H](COC(=O)CCCC(=O)/C=C/C=C\C/C=C\C/C=C\CCCCC)COP(=O)(O)OCC[N+](C)(C)C. The van der Waals surface area contributed by atoms with Crippen molar-refractivity contribution in [3.63, 3.8) is 0 Å². The number of rotatable bonds is 37. The topological polar surface area (TPSA) is 125 Å². The summed E-state index contributed by atoms with van der Waals surface area (Å²) in [5, 5.41) is 0. The number of unbranched alkanes of at least 4 members (excludes halogenated alkanes) is 8. The molecule has 11 heteroatoms. The maximum atomic E-state index is 12.7. The minimum Gasteiger partial charge on any atom is -0.462 e. The average molecular weight is 819 g/mol. The minimum atomic E-state index is -4.44. The zero-order valence-corrected chi connectivity index (χ0v) is 36.9. The predicted molar refractivity (Wildman–Crippen MR) is 234 cm³/mol. The molecule has 0 heterocycles. The summed E-state index contributed by atoms with van der Waals surface area (Å²) >= 11 is 0. The van der Waals surface area contributed by atoms with Gasteiger partial charge in [0, 0.05) is 19.3 Å². The van der Waals surface area contributed by atoms with Gasteiger partial charge in [-0.05, 0) is 76.7 Å². The van der Waals surface area contributed by atoms with Crippen LogP contribution in [0.4, 0.5) is 0 Å². The Morgan fingerprint density at radius 3 is 1.81 bits per heavy atom. The number of hydrogen-bond donors (Lipinski definition) is 1. The van der Waals surface area contributed by atoms with E-state index in [4.69, 9.17) is 18.5 Å². The second-order valence-electron chi connectivity index (χ2n) is 15.0. The second kappa shape index (κ2) is 37.2. The number of ether oxygens (including phenoxy) is 2. The van der Waals surface area contributed by atoms with Crippen LogP contribution in [0.5, 0.6) is 0 Å². The lowest BCUT2D eigenvalue weighted by Crippen LogP contribution is -2.37. The Morgan fingerprint density at radius 2 is 1.18 bits per heavy atom. The standard InChI is InChI=1S/C46H76NO9P/c1-6-8-10-12-14-16-18-20-21-23-25-27-29-31-33-37-46(50)56-44(42-55-57(51,52)54-40-39-47(3,4)5)41-53-45(49)38-34-36-43(48)35-32-30-28-26-24-22-19-17-15-13-11-9-7-2/h8,10,14-17,20-22,24,28,30,32,35,44H,6-7,9,11-13,18-19,23,25-27,29,31,33-34,36-42H2,1-5H3/p+1/b10-8-,16-14-,17-15-,21-20-,24-22-,30-28-,35-32+/t44-/m1/s1. The molecule has 1 unspecified atom stereocenters. The van der Waals surface area contributed by atoms with Crippen molar-refractivity contribution >= 4 is 25.5 Å². The lowest BCUT2D eigenvalue weighted by molar-refractivity contribution is -0.870. The normalized spacial score (nSPS) is 14.4. The van der Waals surface area contributed by atoms with Crippen molar-refractivity contribution in [1.29, 1.82) is 0 Å². The number of carbonyl (C=O) groups is 3. The summed E-state index contributed by atoms with van der Waals surface area (Å²) < 4.78 is 34.0. The lowest BCUT2D eigenvalue weighted by Gasteiger charge is -2.24. The van der Waals surface area contributed by atoms with E-state index in [0.717, 1.165) is 70.6 Å². The third-order valence-corrected chi connectivity index (χ3v) is 9.37. The van der Waals surface area contributed by atoms with Crippen LogP contribution in [0.1, 0.15) is 136 Å². The predicted octanol–water partition coefficient (Wildman–Crippen LogP) is 11.2. The molecule has 0 saturated heterocycles. The van der Waals surface area contributed by atoms with Gasteiger partial charge in [0.15, 0.2) is 11.9 Å². The van der Waals surface area contributed by atoms with E-state index >= 15 is 0 Å². The van der Waals surface area contributed by atoms with Crippen LogP contribution in [-0.2, 0) is 37.5 Å². The Labute approximate surface area is 346 Å². The quantitative estimate of drug-likeness (QED) is 0.0124. The van der Waals surface area contributed by atoms with E-state index in [-0.39, 0.29) is 44.7 Å². The molecule has 0 aromatic carbocycles. The van der Waals surface area contributed by atoms with Gasteiger partial charge in [0.25, 0.3) is 0 Å². The Morgan fingerprint density at radius 1 is 0.614 bits per heavy atom. The van der Waals surface area contributed by atoms with Gasteiger partial charge >= 0.3 is 19.8 Å². The molecule has 2 atom stereocenters. The highest BCUT2D eigenvalue weighted by Gasteiger charge is 2.27. The zero-order valence-electron chi connectivity index (χ0n) is 36.0. The van der Waals surface area contributed by atoms with Crippen molar-refractivity contribution in [3.8, 4) is 0 Å². The van der Waals surface area contributed by atoms with Crippen molar-refractivity contribution in [3.05, 3.63) is 85.1 Å². The van der Waals surface area contributed by atoms with E-state index in [9.17, 15) is 23.8 Å². The number of ketones is 1. The molecule has 0 saturated carbocycles. The molecule has 324 valence electrons. The van der Waals surface area contributed by atoms with E-state index in [1.165, 1.54) is 25.3 Å². The number of hydrogen-bond acceptors (Lipinski definition) is 8. The fraction of sp³-hybridized carbons (Fsp3) is 0.630. The summed E-state index contributed by atoms with van der Waals surface area (Å²) in [4.78, 5) is 47.5. The molecule has 57 heavy (non-hydrogen) atoms. The number of phosphoric acid groups is 1. The van der Waals surface area contributed by atoms with Gasteiger partial charge < -0.3 is 18.9 Å². The first-order chi connectivity index (χ1) is 27.4. The van der Waals surface area contributed by atoms with E-state index in [0.29, 0.717) is 17.4 Å². The molecule has 0 amide bonds. The third-order valence-electron chi connectivity index (χ3n) is 8.39. The molecule has 0 bridgehead atoms. The highest BCUT2D eigenvalue weighted by atomic mass is 31.2. The molecule has 0 aliphatic heterocycles. The number of esters is 2. The highest BCUT2D eigenvalue weighted by molar-refractivity contribution is 7.47. The average Bonchev–Trinajstić information content (AvgIpc) is 3.15. The number of phosphoric ester groups is 1. The van der Waals surface area contributed by atoms with E-state index in [2.05, 4.69) is 74.6 Å². The second-order valence-corrected chi connectivity index (χ2v) is 16.5. The van der Waals surface area contributed by atoms with Crippen LogP contribution in [0, 0.1) is 0 Å². The van der Waals surface area contributed by atoms with Crippen LogP contribution in [0.15, 0.2) is 85.1 Å². The van der Waals surface area contributed by atoms with E-state index in [1.54, 1.807) is 6.08 Å². The number of likely N-dealkylation sites (N-methyl/N-ethyl adjacent to an activating group) is 1. The Balaban J connectivity index is 4.62. The molecule has 0 radical (unpaired) electrons. The van der Waals surface area contributed by atoms with Crippen molar-refractivity contribution in [2.24, 2.45) is 0 Å². The van der Waals surface area contributed by atoms with Crippen molar-refractivity contribution in [2.75, 3.05) is 47.5 Å². The van der Waals surface area contributed by atoms with Gasteiger partial charge in [-0.1, -0.05) is 125 Å². The number of quaternary nitrogens is 1. The zero-order chi connectivity index (χ0) is 42.3. The van der Waals surface area contributed by atoms with Crippen LogP contribution in [-0.4, -0.2) is 80.7 Å². The monoisotopic (exact) mass is 819 g/mol. The molecule has 0 spiro atoms. The van der Waals surface area contributed by atoms with Crippen LogP contribution < -0.4 is 0 Å². The maximum Gasteiger partial charge on any atom is 0.472 e. The summed E-state index contributed by atoms with van der Waals surface area (Å²) in [6.45, 7) is 3.95. The molecule has 0 aliphatic rings. The van der Waals surface area contributed by atoms with Crippen molar-refractivity contribution < 1.29 is 46.8 Å². The van der Waals surface area contributed by atoms with Gasteiger partial charge in [0.05, 0.1) is 27.7 Å². The van der Waals surface area contributed by atoms with Crippen molar-refractivity contribution in [2.45, 2.75) is 142 Å². The molecule has 10 nitrogen and oxygen atoms in total. The maximum absolute atomic E-state index is 12.7. The molecular weight excluding hydrogens is 741 g/mol. The highest BCUT2D eigenvalue weighted by Crippen LogP contribution is 2.43. The Bertz CT molecular complexity index is 1310. The fourth-order valence-corrected chi connectivity index (χ4v) is 5.78. The van der Waals surface area contributed by atoms with Crippen LogP contribution in [0.3, 0.4) is 0 Å². The number of carbonyl (C=O) groups excluding carboxylic acids is 3. The number of allylic oxidation sites excluding steroid dienone is 14. The first-order valence-corrected chi connectivity index (χ1v) is 22.8. The lowest BCUT2D eigenvalue weighted by atomic mass is 10.1. The first kappa shape index (κ1) is 53.9. The molecule has 0 fully saturated rings. The molecule has 0 aromatic rings. The van der Waals surface area contributed by atoms with E-state index in [1.807, 2.05) is 33.3 Å². The molecule has 0 aliphatic carbocycles. The van der Waals surface area contributed by atoms with Crippen LogP contribution in [0.25, 0.3) is 0 Å². The summed E-state index contributed by atoms with van der Waals surface area (Å²) in [6.07, 6.45) is 43.5. The summed E-state index contributed by atoms with van der Waals surface area (Å²) in [5.41, 5.74) is 0. The molecule has 0 aromatic heterocycles. The molecular formula is C46H77NO9P+. The minimum absolute atomic E-state index is 0.00870. The van der Waals surface area contributed by atoms with Gasteiger partial charge in [-0.15, -0.1) is 0 Å². The van der Waals surface area contributed by atoms with Gasteiger partial charge in [0.1, 0.15) is 19.8 Å². The first-order valence-electron chi connectivity index (χ1n) is 21.3. The van der Waals surface area contributed by atoms with Crippen LogP contribution >= 0.6 is 7.82 Å². The summed E-state index contributed by atoms with van der Waals surface area (Å²) in [5.74, 6) is -1.19. The van der Waals surface area contributed by atoms with Gasteiger partial charge in [-0.25, -0.2) is 4.57 Å². The molecule has 1 N–H and O–H groups in total. The van der Waals surface area contributed by atoms with Crippen LogP contribution in [0.2, 0.25) is 0 Å². The smallest absolute Gasteiger partial charge is 0.462 e. The summed E-state index contributed by atoms with van der Waals surface area (Å²) in [6, 6.07) is 0. The third kappa shape index (κ3) is 40.8. The summed E-state index contributed by atoms with van der Waals surface area (Å²) in [7, 11) is 1.32. The Kier molecular flexibility index (Phi) is 35.1.